The van der Waals surface area contributed by atoms with Crippen LogP contribution in [0.1, 0.15) is 28.2 Å². The van der Waals surface area contributed by atoms with Crippen LogP contribution in [0.15, 0.2) is 65.8 Å². The minimum atomic E-state index is -0.400. The summed E-state index contributed by atoms with van der Waals surface area (Å²) in [4.78, 5) is 32.2. The van der Waals surface area contributed by atoms with E-state index >= 15 is 0 Å². The van der Waals surface area contributed by atoms with Crippen molar-refractivity contribution in [2.75, 3.05) is 5.32 Å². The molecule has 0 saturated heterocycles. The maximum absolute atomic E-state index is 14.5. The Morgan fingerprint density at radius 1 is 1.03 bits per heavy atom. The quantitative estimate of drug-likeness (QED) is 0.433. The molecule has 1 aliphatic carbocycles. The second-order valence-electron chi connectivity index (χ2n) is 7.99. The number of aromatic amines is 1. The second-order valence-corrected chi connectivity index (χ2v) is 7.99. The summed E-state index contributed by atoms with van der Waals surface area (Å²) in [6, 6.07) is 13.5. The summed E-state index contributed by atoms with van der Waals surface area (Å²) in [6.07, 6.45) is 5.04. The first-order chi connectivity index (χ1) is 16.6. The Morgan fingerprint density at radius 2 is 1.82 bits per heavy atom. The molecule has 1 aliphatic rings. The first-order valence-electron chi connectivity index (χ1n) is 10.8. The number of nitrogens with one attached hydrogen (secondary N) is 2. The van der Waals surface area contributed by atoms with Crippen LogP contribution in [-0.2, 0) is 12.8 Å². The molecule has 1 amide bonds. The lowest BCUT2D eigenvalue weighted by molar-refractivity contribution is 0.102. The average molecular weight is 455 g/mol. The van der Waals surface area contributed by atoms with Crippen LogP contribution < -0.4 is 10.9 Å². The number of hydrogen-bond acceptors (Lipinski definition) is 5. The molecule has 0 bridgehead atoms. The highest BCUT2D eigenvalue weighted by Gasteiger charge is 2.28. The van der Waals surface area contributed by atoms with E-state index in [1.165, 1.54) is 28.0 Å². The van der Waals surface area contributed by atoms with Crippen LogP contribution in [0.3, 0.4) is 0 Å². The number of para-hydroxylation sites is 3. The molecule has 168 valence electrons. The van der Waals surface area contributed by atoms with Crippen molar-refractivity contribution in [1.82, 2.24) is 29.5 Å². The Morgan fingerprint density at radius 3 is 2.68 bits per heavy atom. The van der Waals surface area contributed by atoms with Gasteiger partial charge in [-0.1, -0.05) is 24.3 Å². The minimum Gasteiger partial charge on any atom is -0.319 e. The van der Waals surface area contributed by atoms with Crippen LogP contribution in [0.2, 0.25) is 0 Å². The molecule has 3 heterocycles. The number of nitrogens with zero attached hydrogens (tertiary/aromatic N) is 5. The van der Waals surface area contributed by atoms with Gasteiger partial charge in [-0.25, -0.2) is 18.7 Å². The smallest absolute Gasteiger partial charge is 0.276 e. The second kappa shape index (κ2) is 7.77. The summed E-state index contributed by atoms with van der Waals surface area (Å²) >= 11 is 0. The predicted molar refractivity (Wildman–Crippen MR) is 123 cm³/mol. The number of H-pyrrole nitrogens is 1. The number of carbonyl (C=O) groups is 1. The summed E-state index contributed by atoms with van der Waals surface area (Å²) in [5.74, 6) is -0.798. The van der Waals surface area contributed by atoms with Gasteiger partial charge in [0.05, 0.1) is 23.9 Å². The van der Waals surface area contributed by atoms with Gasteiger partial charge in [0.25, 0.3) is 11.5 Å². The third-order valence-electron chi connectivity index (χ3n) is 5.98. The third-order valence-corrected chi connectivity index (χ3v) is 5.98. The van der Waals surface area contributed by atoms with Gasteiger partial charge in [0.1, 0.15) is 16.9 Å². The summed E-state index contributed by atoms with van der Waals surface area (Å²) in [7, 11) is 0. The van der Waals surface area contributed by atoms with Crippen LogP contribution in [0.5, 0.6) is 0 Å². The highest BCUT2D eigenvalue weighted by molar-refractivity contribution is 6.05. The van der Waals surface area contributed by atoms with Crippen molar-refractivity contribution in [3.05, 3.63) is 94.2 Å². The molecule has 2 N–H and O–H groups in total. The Kier molecular flexibility index (Phi) is 4.58. The predicted octanol–water partition coefficient (Wildman–Crippen LogP) is 3.17. The van der Waals surface area contributed by atoms with Crippen molar-refractivity contribution >= 4 is 22.6 Å². The fraction of sp³-hybridized carbons (Fsp3) is 0.125. The van der Waals surface area contributed by atoms with E-state index in [-0.39, 0.29) is 11.3 Å². The maximum atomic E-state index is 14.5. The van der Waals surface area contributed by atoms with Crippen molar-refractivity contribution in [2.45, 2.75) is 19.3 Å². The molecule has 0 aliphatic heterocycles. The molecule has 10 heteroatoms. The molecular weight excluding hydrogens is 437 g/mol. The van der Waals surface area contributed by atoms with E-state index in [2.05, 4.69) is 25.5 Å². The van der Waals surface area contributed by atoms with Crippen LogP contribution in [0.25, 0.3) is 22.4 Å². The fourth-order valence-electron chi connectivity index (χ4n) is 4.42. The highest BCUT2D eigenvalue weighted by atomic mass is 19.1. The molecule has 34 heavy (non-hydrogen) atoms. The summed E-state index contributed by atoms with van der Waals surface area (Å²) < 4.78 is 17.5. The number of amides is 1. The largest absolute Gasteiger partial charge is 0.319 e. The van der Waals surface area contributed by atoms with E-state index in [4.69, 9.17) is 0 Å². The first kappa shape index (κ1) is 20.0. The first-order valence-corrected chi connectivity index (χ1v) is 10.8. The molecule has 9 nitrogen and oxygen atoms in total. The van der Waals surface area contributed by atoms with Gasteiger partial charge in [-0.3, -0.25) is 9.59 Å². The number of fused-ring (bicyclic) bond motifs is 2. The molecule has 0 radical (unpaired) electrons. The number of halogens is 1. The van der Waals surface area contributed by atoms with Crippen LogP contribution in [0, 0.1) is 5.82 Å². The van der Waals surface area contributed by atoms with E-state index in [0.717, 1.165) is 24.1 Å². The molecule has 3 aromatic heterocycles. The lowest BCUT2D eigenvalue weighted by Crippen LogP contribution is -2.17. The molecular formula is C24H18FN7O2. The van der Waals surface area contributed by atoms with Gasteiger partial charge in [-0.15, -0.1) is 0 Å². The molecule has 5 aromatic rings. The number of aromatic nitrogens is 6. The standard InChI is InChI=1S/C24H18FN7O2/c25-16-7-1-3-9-19(16)31-18-11-5-6-14(18)21(30-31)24(34)29-17-8-2-4-10-20(17)32-22-15(12-28-32)23(33)27-13-26-22/h1-4,7-10,12-13H,5-6,11H2,(H,29,34)(H,26,27,33). The lowest BCUT2D eigenvalue weighted by Gasteiger charge is -2.11. The van der Waals surface area contributed by atoms with Gasteiger partial charge in [0.15, 0.2) is 11.3 Å². The maximum Gasteiger partial charge on any atom is 0.276 e. The Hall–Kier alpha value is -4.60. The lowest BCUT2D eigenvalue weighted by atomic mass is 10.2. The average Bonchev–Trinajstić information content (AvgIpc) is 3.56. The number of carbonyl (C=O) groups excluding carboxylic acids is 1. The third kappa shape index (κ3) is 3.11. The Bertz CT molecular complexity index is 1630. The van der Waals surface area contributed by atoms with E-state index in [1.807, 2.05) is 0 Å². The van der Waals surface area contributed by atoms with Gasteiger partial charge in [-0.05, 0) is 43.5 Å². The molecule has 2 aromatic carbocycles. The monoisotopic (exact) mass is 455 g/mol. The SMILES string of the molecule is O=C(Nc1ccccc1-n1ncc2c(=O)[nH]cnc21)c1nn(-c2ccccc2F)c2c1CCC2. The Labute approximate surface area is 191 Å². The van der Waals surface area contributed by atoms with Crippen LogP contribution in [0.4, 0.5) is 10.1 Å². The van der Waals surface area contributed by atoms with Gasteiger partial charge >= 0.3 is 0 Å². The van der Waals surface area contributed by atoms with Crippen LogP contribution >= 0.6 is 0 Å². The van der Waals surface area contributed by atoms with Crippen molar-refractivity contribution in [1.29, 1.82) is 0 Å². The zero-order valence-electron chi connectivity index (χ0n) is 17.8. The minimum absolute atomic E-state index is 0.269. The van der Waals surface area contributed by atoms with Crippen molar-refractivity contribution in [3.8, 4) is 11.4 Å². The summed E-state index contributed by atoms with van der Waals surface area (Å²) in [6.45, 7) is 0. The fourth-order valence-corrected chi connectivity index (χ4v) is 4.42. The molecule has 0 spiro atoms. The van der Waals surface area contributed by atoms with Gasteiger partial charge in [0, 0.05) is 11.3 Å². The van der Waals surface area contributed by atoms with Gasteiger partial charge < -0.3 is 10.3 Å². The number of hydrogen-bond donors (Lipinski definition) is 2. The van der Waals surface area contributed by atoms with Crippen molar-refractivity contribution in [3.63, 3.8) is 0 Å². The zero-order valence-corrected chi connectivity index (χ0v) is 17.8. The zero-order chi connectivity index (χ0) is 23.2. The molecule has 0 saturated carbocycles. The van der Waals surface area contributed by atoms with Gasteiger partial charge in [-0.2, -0.15) is 10.2 Å². The van der Waals surface area contributed by atoms with Crippen molar-refractivity contribution in [2.24, 2.45) is 0 Å². The molecule has 6 rings (SSSR count). The van der Waals surface area contributed by atoms with Gasteiger partial charge in [0.2, 0.25) is 0 Å². The topological polar surface area (TPSA) is 110 Å². The Balaban J connectivity index is 1.40. The van der Waals surface area contributed by atoms with E-state index in [9.17, 15) is 14.0 Å². The van der Waals surface area contributed by atoms with Crippen molar-refractivity contribution < 1.29 is 9.18 Å². The molecule has 0 fully saturated rings. The molecule has 0 unspecified atom stereocenters. The highest BCUT2D eigenvalue weighted by Crippen LogP contribution is 2.30. The summed E-state index contributed by atoms with van der Waals surface area (Å²) in [5, 5.41) is 12.1. The summed E-state index contributed by atoms with van der Waals surface area (Å²) in [5.41, 5.74) is 3.37. The number of benzene rings is 2. The van der Waals surface area contributed by atoms with E-state index in [0.29, 0.717) is 34.5 Å². The van der Waals surface area contributed by atoms with Crippen LogP contribution in [-0.4, -0.2) is 35.4 Å². The van der Waals surface area contributed by atoms with E-state index < -0.39 is 11.7 Å². The normalized spacial score (nSPS) is 12.7. The number of anilines is 1. The molecule has 0 atom stereocenters. The number of rotatable bonds is 4. The van der Waals surface area contributed by atoms with E-state index in [1.54, 1.807) is 42.5 Å².